The molecule has 2 aromatic rings. The van der Waals surface area contributed by atoms with Crippen LogP contribution in [0, 0.1) is 0 Å². The first-order chi connectivity index (χ1) is 16.6. The summed E-state index contributed by atoms with van der Waals surface area (Å²) in [6.07, 6.45) is 0.973. The number of aryl methyl sites for hydroxylation is 1. The standard InChI is InChI=1S/C26H37N5O4/c1-26(2,27)25(34)30-22(18-35-17-20-13-9-6-10-14-20)23(32)29-21(24(33)31(4)28-3)16-15-19-11-7-5-8-12-19/h5-14,21-22,28H,15-18,27H2,1-4H3,(H,29,32)(H,30,34)/t21-,22?/m1/s1. The second kappa shape index (κ2) is 13.6. The lowest BCUT2D eigenvalue weighted by Gasteiger charge is -2.27. The van der Waals surface area contributed by atoms with E-state index >= 15 is 0 Å². The van der Waals surface area contributed by atoms with E-state index in [1.807, 2.05) is 60.7 Å². The predicted molar refractivity (Wildman–Crippen MR) is 135 cm³/mol. The summed E-state index contributed by atoms with van der Waals surface area (Å²) in [6.45, 7) is 3.29. The second-order valence-corrected chi connectivity index (χ2v) is 8.95. The Kier molecular flexibility index (Phi) is 10.8. The maximum Gasteiger partial charge on any atom is 0.258 e. The van der Waals surface area contributed by atoms with Gasteiger partial charge in [0.2, 0.25) is 11.8 Å². The Morgan fingerprint density at radius 3 is 2.06 bits per heavy atom. The van der Waals surface area contributed by atoms with Crippen molar-refractivity contribution in [3.8, 4) is 0 Å². The minimum Gasteiger partial charge on any atom is -0.374 e. The number of ether oxygens (including phenoxy) is 1. The van der Waals surface area contributed by atoms with Gasteiger partial charge in [-0.2, -0.15) is 0 Å². The lowest BCUT2D eigenvalue weighted by atomic mass is 10.0. The van der Waals surface area contributed by atoms with Crippen LogP contribution in [0.15, 0.2) is 60.7 Å². The fourth-order valence-electron chi connectivity index (χ4n) is 3.23. The maximum atomic E-state index is 13.2. The zero-order chi connectivity index (χ0) is 25.8. The molecule has 9 heteroatoms. The van der Waals surface area contributed by atoms with Crippen molar-refractivity contribution in [3.05, 3.63) is 71.8 Å². The summed E-state index contributed by atoms with van der Waals surface area (Å²) in [4.78, 5) is 38.7. The molecule has 0 radical (unpaired) electrons. The number of nitrogens with one attached hydrogen (secondary N) is 3. The summed E-state index contributed by atoms with van der Waals surface area (Å²) in [5.74, 6) is -1.32. The Hall–Kier alpha value is -3.27. The highest BCUT2D eigenvalue weighted by atomic mass is 16.5. The van der Waals surface area contributed by atoms with Gasteiger partial charge in [0, 0.05) is 14.1 Å². The molecule has 2 rings (SSSR count). The molecule has 190 valence electrons. The SMILES string of the molecule is CNN(C)C(=O)[C@@H](CCc1ccccc1)NC(=O)C(COCc1ccccc1)NC(=O)C(C)(C)N. The van der Waals surface area contributed by atoms with Crippen molar-refractivity contribution in [1.82, 2.24) is 21.1 Å². The highest BCUT2D eigenvalue weighted by Gasteiger charge is 2.31. The van der Waals surface area contributed by atoms with Gasteiger partial charge in [-0.1, -0.05) is 60.7 Å². The number of hydrazine groups is 1. The molecule has 0 aliphatic rings. The molecule has 0 heterocycles. The Labute approximate surface area is 207 Å². The zero-order valence-corrected chi connectivity index (χ0v) is 20.9. The monoisotopic (exact) mass is 483 g/mol. The number of likely N-dealkylation sites (N-methyl/N-ethyl adjacent to an activating group) is 1. The number of nitrogens with two attached hydrogens (primary N) is 1. The predicted octanol–water partition coefficient (Wildman–Crippen LogP) is 1.14. The highest BCUT2D eigenvalue weighted by molar-refractivity contribution is 5.94. The number of carbonyl (C=O) groups excluding carboxylic acids is 3. The van der Waals surface area contributed by atoms with E-state index < -0.39 is 29.4 Å². The third-order valence-corrected chi connectivity index (χ3v) is 5.45. The average molecular weight is 484 g/mol. The molecule has 5 N–H and O–H groups in total. The molecule has 0 aliphatic carbocycles. The van der Waals surface area contributed by atoms with Crippen LogP contribution in [0.3, 0.4) is 0 Å². The van der Waals surface area contributed by atoms with Gasteiger partial charge in [-0.15, -0.1) is 0 Å². The van der Waals surface area contributed by atoms with Crippen LogP contribution in [0.1, 0.15) is 31.4 Å². The van der Waals surface area contributed by atoms with E-state index in [2.05, 4.69) is 16.1 Å². The topological polar surface area (TPSA) is 126 Å². The molecule has 2 atom stereocenters. The van der Waals surface area contributed by atoms with Crippen LogP contribution in [0.2, 0.25) is 0 Å². The van der Waals surface area contributed by atoms with Crippen LogP contribution in [0.25, 0.3) is 0 Å². The van der Waals surface area contributed by atoms with Gasteiger partial charge in [-0.25, -0.2) is 5.43 Å². The first kappa shape index (κ1) is 28.0. The van der Waals surface area contributed by atoms with Crippen molar-refractivity contribution in [2.75, 3.05) is 20.7 Å². The minimum atomic E-state index is -1.19. The third kappa shape index (κ3) is 9.48. The summed E-state index contributed by atoms with van der Waals surface area (Å²) in [5, 5.41) is 6.78. The molecule has 2 aromatic carbocycles. The first-order valence-corrected chi connectivity index (χ1v) is 11.6. The number of carbonyl (C=O) groups is 3. The van der Waals surface area contributed by atoms with Crippen LogP contribution in [-0.4, -0.2) is 61.1 Å². The molecule has 0 bridgehead atoms. The van der Waals surface area contributed by atoms with E-state index in [-0.39, 0.29) is 19.1 Å². The van der Waals surface area contributed by atoms with Gasteiger partial charge in [0.25, 0.3) is 5.91 Å². The molecule has 0 aliphatic heterocycles. The van der Waals surface area contributed by atoms with E-state index in [1.54, 1.807) is 27.9 Å². The number of nitrogens with zero attached hydrogens (tertiary/aromatic N) is 1. The van der Waals surface area contributed by atoms with Crippen molar-refractivity contribution in [1.29, 1.82) is 0 Å². The molecule has 1 unspecified atom stereocenters. The summed E-state index contributed by atoms with van der Waals surface area (Å²) in [5.41, 5.74) is 9.48. The van der Waals surface area contributed by atoms with Crippen molar-refractivity contribution in [2.45, 2.75) is 50.9 Å². The number of amides is 3. The fraction of sp³-hybridized carbons (Fsp3) is 0.423. The third-order valence-electron chi connectivity index (χ3n) is 5.45. The van der Waals surface area contributed by atoms with Crippen LogP contribution in [-0.2, 0) is 32.1 Å². The van der Waals surface area contributed by atoms with Crippen molar-refractivity contribution in [3.63, 3.8) is 0 Å². The van der Waals surface area contributed by atoms with Crippen LogP contribution in [0.4, 0.5) is 0 Å². The van der Waals surface area contributed by atoms with Crippen LogP contribution in [0.5, 0.6) is 0 Å². The van der Waals surface area contributed by atoms with Gasteiger partial charge in [-0.3, -0.25) is 19.4 Å². The molecule has 0 fully saturated rings. The Balaban J connectivity index is 2.13. The minimum absolute atomic E-state index is 0.0794. The Bertz CT molecular complexity index is 947. The van der Waals surface area contributed by atoms with E-state index in [4.69, 9.17) is 10.5 Å². The van der Waals surface area contributed by atoms with Gasteiger partial charge in [0.1, 0.15) is 12.1 Å². The number of rotatable bonds is 13. The molecular formula is C26H37N5O4. The average Bonchev–Trinajstić information content (AvgIpc) is 2.85. The van der Waals surface area contributed by atoms with Gasteiger partial charge in [0.15, 0.2) is 0 Å². The van der Waals surface area contributed by atoms with Gasteiger partial charge >= 0.3 is 0 Å². The molecule has 0 saturated heterocycles. The number of benzene rings is 2. The molecule has 9 nitrogen and oxygen atoms in total. The van der Waals surface area contributed by atoms with E-state index in [0.29, 0.717) is 12.8 Å². The highest BCUT2D eigenvalue weighted by Crippen LogP contribution is 2.08. The Morgan fingerprint density at radius 2 is 1.51 bits per heavy atom. The van der Waals surface area contributed by atoms with E-state index in [0.717, 1.165) is 11.1 Å². The lowest BCUT2D eigenvalue weighted by Crippen LogP contribution is -2.60. The number of hydrogen-bond donors (Lipinski definition) is 4. The molecule has 0 saturated carbocycles. The molecule has 0 spiro atoms. The maximum absolute atomic E-state index is 13.2. The van der Waals surface area contributed by atoms with Crippen molar-refractivity contribution < 1.29 is 19.1 Å². The summed E-state index contributed by atoms with van der Waals surface area (Å²) in [6, 6.07) is 17.4. The number of hydrogen-bond acceptors (Lipinski definition) is 6. The smallest absolute Gasteiger partial charge is 0.258 e. The van der Waals surface area contributed by atoms with Gasteiger partial charge in [-0.05, 0) is 37.8 Å². The van der Waals surface area contributed by atoms with Crippen molar-refractivity contribution >= 4 is 17.7 Å². The normalized spacial score (nSPS) is 12.9. The van der Waals surface area contributed by atoms with Crippen molar-refractivity contribution in [2.24, 2.45) is 5.73 Å². The summed E-state index contributed by atoms with van der Waals surface area (Å²) < 4.78 is 5.73. The first-order valence-electron chi connectivity index (χ1n) is 11.6. The molecular weight excluding hydrogens is 446 g/mol. The van der Waals surface area contributed by atoms with Gasteiger partial charge in [0.05, 0.1) is 18.8 Å². The van der Waals surface area contributed by atoms with E-state index in [9.17, 15) is 14.4 Å². The largest absolute Gasteiger partial charge is 0.374 e. The summed E-state index contributed by atoms with van der Waals surface area (Å²) >= 11 is 0. The fourth-order valence-corrected chi connectivity index (χ4v) is 3.23. The Morgan fingerprint density at radius 1 is 0.943 bits per heavy atom. The lowest BCUT2D eigenvalue weighted by molar-refractivity contribution is -0.139. The molecule has 3 amide bonds. The zero-order valence-electron chi connectivity index (χ0n) is 20.9. The van der Waals surface area contributed by atoms with E-state index in [1.165, 1.54) is 5.01 Å². The molecule has 35 heavy (non-hydrogen) atoms. The van der Waals surface area contributed by atoms with Gasteiger partial charge < -0.3 is 21.1 Å². The summed E-state index contributed by atoms with van der Waals surface area (Å²) in [7, 11) is 3.21. The van der Waals surface area contributed by atoms with Crippen LogP contribution < -0.4 is 21.8 Å². The molecule has 0 aromatic heterocycles. The second-order valence-electron chi connectivity index (χ2n) is 8.95. The van der Waals surface area contributed by atoms with Crippen LogP contribution >= 0.6 is 0 Å². The quantitative estimate of drug-likeness (QED) is 0.317.